The van der Waals surface area contributed by atoms with Crippen molar-refractivity contribution in [1.29, 1.82) is 0 Å². The number of hydrogen-bond acceptors (Lipinski definition) is 3. The number of methoxy groups -OCH3 is 1. The van der Waals surface area contributed by atoms with Crippen molar-refractivity contribution in [2.45, 2.75) is 39.0 Å². The first-order chi connectivity index (χ1) is 9.67. The summed E-state index contributed by atoms with van der Waals surface area (Å²) in [6, 6.07) is 8.14. The molecule has 0 radical (unpaired) electrons. The molecule has 1 aliphatic carbocycles. The topological polar surface area (TPSA) is 43.4 Å². The molecule has 1 atom stereocenters. The van der Waals surface area contributed by atoms with Crippen LogP contribution in [-0.4, -0.2) is 18.9 Å². The third kappa shape index (κ3) is 3.09. The van der Waals surface area contributed by atoms with Crippen molar-refractivity contribution >= 4 is 11.8 Å². The van der Waals surface area contributed by atoms with Gasteiger partial charge < -0.3 is 4.74 Å². The fourth-order valence-electron chi connectivity index (χ4n) is 2.97. The highest BCUT2D eigenvalue weighted by Gasteiger charge is 2.35. The molecule has 1 aromatic carbocycles. The van der Waals surface area contributed by atoms with E-state index in [9.17, 15) is 9.59 Å². The number of ketones is 1. The molecule has 108 valence electrons. The predicted octanol–water partition coefficient (Wildman–Crippen LogP) is 2.95. The van der Waals surface area contributed by atoms with Crippen LogP contribution >= 0.6 is 0 Å². The molecule has 0 spiro atoms. The van der Waals surface area contributed by atoms with E-state index in [1.807, 2.05) is 12.1 Å². The van der Waals surface area contributed by atoms with Crippen molar-refractivity contribution < 1.29 is 14.3 Å². The summed E-state index contributed by atoms with van der Waals surface area (Å²) in [6.07, 6.45) is 3.98. The van der Waals surface area contributed by atoms with Crippen molar-refractivity contribution in [3.8, 4) is 0 Å². The van der Waals surface area contributed by atoms with Crippen LogP contribution in [0.3, 0.4) is 0 Å². The molecule has 0 bridgehead atoms. The number of carbonyl (C=O) groups excluding carboxylic acids is 2. The van der Waals surface area contributed by atoms with Gasteiger partial charge in [0.25, 0.3) is 0 Å². The average molecular weight is 274 g/mol. The Morgan fingerprint density at radius 1 is 1.25 bits per heavy atom. The fourth-order valence-corrected chi connectivity index (χ4v) is 2.97. The highest BCUT2D eigenvalue weighted by Crippen LogP contribution is 2.30. The molecule has 3 nitrogen and oxygen atoms in total. The maximum atomic E-state index is 12.6. The molecular weight excluding hydrogens is 252 g/mol. The Kier molecular flexibility index (Phi) is 4.94. The molecule has 0 N–H and O–H groups in total. The van der Waals surface area contributed by atoms with Crippen LogP contribution in [0.2, 0.25) is 0 Å². The molecular formula is C17H22O3. The lowest BCUT2D eigenvalue weighted by Gasteiger charge is -2.17. The van der Waals surface area contributed by atoms with Crippen molar-refractivity contribution in [1.82, 2.24) is 0 Å². The molecule has 0 aromatic heterocycles. The van der Waals surface area contributed by atoms with Gasteiger partial charge in [-0.15, -0.1) is 0 Å². The maximum Gasteiger partial charge on any atom is 0.316 e. The molecule has 0 amide bonds. The van der Waals surface area contributed by atoms with Gasteiger partial charge in [0.1, 0.15) is 5.92 Å². The summed E-state index contributed by atoms with van der Waals surface area (Å²) >= 11 is 0. The first-order valence-electron chi connectivity index (χ1n) is 7.35. The fraction of sp³-hybridized carbons (Fsp3) is 0.529. The molecule has 0 aliphatic heterocycles. The summed E-state index contributed by atoms with van der Waals surface area (Å²) < 4.78 is 4.81. The largest absolute Gasteiger partial charge is 0.468 e. The normalized spacial score (nSPS) is 15.7. The Morgan fingerprint density at radius 3 is 2.35 bits per heavy atom. The molecule has 0 saturated heterocycles. The summed E-state index contributed by atoms with van der Waals surface area (Å²) in [4.78, 5) is 24.5. The second kappa shape index (κ2) is 6.69. The molecule has 0 heterocycles. The van der Waals surface area contributed by atoms with Gasteiger partial charge in [-0.3, -0.25) is 9.59 Å². The van der Waals surface area contributed by atoms with Crippen molar-refractivity contribution in [2.24, 2.45) is 11.8 Å². The van der Waals surface area contributed by atoms with E-state index in [4.69, 9.17) is 4.74 Å². The zero-order valence-electron chi connectivity index (χ0n) is 12.2. The van der Waals surface area contributed by atoms with Gasteiger partial charge >= 0.3 is 5.97 Å². The number of benzene rings is 1. The van der Waals surface area contributed by atoms with Crippen LogP contribution in [0.15, 0.2) is 24.3 Å². The Hall–Kier alpha value is -1.64. The van der Waals surface area contributed by atoms with E-state index in [2.05, 4.69) is 19.1 Å². The van der Waals surface area contributed by atoms with Crippen LogP contribution in [-0.2, 0) is 27.2 Å². The quantitative estimate of drug-likeness (QED) is 0.591. The van der Waals surface area contributed by atoms with E-state index >= 15 is 0 Å². The van der Waals surface area contributed by atoms with E-state index < -0.39 is 5.92 Å². The average Bonchev–Trinajstić information content (AvgIpc) is 2.90. The number of Topliss-reactive ketones (excluding diaryl/α,β-unsaturated/α-hetero) is 1. The monoisotopic (exact) mass is 274 g/mol. The molecule has 1 aromatic rings. The molecule has 3 heteroatoms. The smallest absolute Gasteiger partial charge is 0.316 e. The lowest BCUT2D eigenvalue weighted by atomic mass is 9.87. The van der Waals surface area contributed by atoms with Crippen LogP contribution in [0.25, 0.3) is 0 Å². The number of hydrogen-bond donors (Lipinski definition) is 0. The van der Waals surface area contributed by atoms with Gasteiger partial charge in [0.05, 0.1) is 7.11 Å². The Labute approximate surface area is 120 Å². The lowest BCUT2D eigenvalue weighted by Crippen LogP contribution is -2.31. The van der Waals surface area contributed by atoms with Crippen molar-refractivity contribution in [2.75, 3.05) is 7.11 Å². The van der Waals surface area contributed by atoms with Crippen LogP contribution in [0.4, 0.5) is 0 Å². The van der Waals surface area contributed by atoms with E-state index in [0.717, 1.165) is 25.7 Å². The van der Waals surface area contributed by atoms with Gasteiger partial charge in [0.15, 0.2) is 5.78 Å². The molecule has 1 unspecified atom stereocenters. The summed E-state index contributed by atoms with van der Waals surface area (Å²) in [5.74, 6) is -0.964. The molecule has 0 fully saturated rings. The predicted molar refractivity (Wildman–Crippen MR) is 77.4 cm³/mol. The first-order valence-corrected chi connectivity index (χ1v) is 7.35. The SMILES string of the molecule is CCCCC(C(=O)OC)C(=O)C1Cc2ccccc2C1. The lowest BCUT2D eigenvalue weighted by molar-refractivity contribution is -0.150. The summed E-state index contributed by atoms with van der Waals surface area (Å²) in [5, 5.41) is 0. The van der Waals surface area contributed by atoms with Gasteiger partial charge in [-0.2, -0.15) is 0 Å². The van der Waals surface area contributed by atoms with Crippen LogP contribution in [0, 0.1) is 11.8 Å². The molecule has 1 aliphatic rings. The Balaban J connectivity index is 2.08. The van der Waals surface area contributed by atoms with E-state index in [0.29, 0.717) is 6.42 Å². The van der Waals surface area contributed by atoms with E-state index in [1.165, 1.54) is 18.2 Å². The highest BCUT2D eigenvalue weighted by molar-refractivity contribution is 6.00. The summed E-state index contributed by atoms with van der Waals surface area (Å²) in [6.45, 7) is 2.06. The maximum absolute atomic E-state index is 12.6. The highest BCUT2D eigenvalue weighted by atomic mass is 16.5. The van der Waals surface area contributed by atoms with Gasteiger partial charge in [-0.1, -0.05) is 44.0 Å². The first kappa shape index (κ1) is 14.8. The third-order valence-electron chi connectivity index (χ3n) is 4.13. The third-order valence-corrected chi connectivity index (χ3v) is 4.13. The standard InChI is InChI=1S/C17H22O3/c1-3-4-9-15(17(19)20-2)16(18)14-10-12-7-5-6-8-13(12)11-14/h5-8,14-15H,3-4,9-11H2,1-2H3. The van der Waals surface area contributed by atoms with E-state index in [-0.39, 0.29) is 17.7 Å². The van der Waals surface area contributed by atoms with Crippen LogP contribution in [0.5, 0.6) is 0 Å². The molecule has 2 rings (SSSR count). The van der Waals surface area contributed by atoms with Crippen LogP contribution < -0.4 is 0 Å². The summed E-state index contributed by atoms with van der Waals surface area (Å²) in [5.41, 5.74) is 2.48. The minimum absolute atomic E-state index is 0.0569. The van der Waals surface area contributed by atoms with Gasteiger partial charge in [-0.05, 0) is 30.4 Å². The minimum atomic E-state index is -0.584. The zero-order valence-corrected chi connectivity index (χ0v) is 12.2. The Bertz CT molecular complexity index is 468. The number of rotatable bonds is 6. The minimum Gasteiger partial charge on any atom is -0.468 e. The number of carbonyl (C=O) groups is 2. The molecule has 0 saturated carbocycles. The number of esters is 1. The number of ether oxygens (including phenoxy) is 1. The van der Waals surface area contributed by atoms with Crippen LogP contribution in [0.1, 0.15) is 37.3 Å². The zero-order chi connectivity index (χ0) is 14.5. The van der Waals surface area contributed by atoms with Crippen molar-refractivity contribution in [3.63, 3.8) is 0 Å². The number of unbranched alkanes of at least 4 members (excludes halogenated alkanes) is 1. The summed E-state index contributed by atoms with van der Waals surface area (Å²) in [7, 11) is 1.36. The molecule has 20 heavy (non-hydrogen) atoms. The Morgan fingerprint density at radius 2 is 1.85 bits per heavy atom. The van der Waals surface area contributed by atoms with E-state index in [1.54, 1.807) is 0 Å². The van der Waals surface area contributed by atoms with Gasteiger partial charge in [0, 0.05) is 5.92 Å². The second-order valence-corrected chi connectivity index (χ2v) is 5.49. The van der Waals surface area contributed by atoms with Gasteiger partial charge in [-0.25, -0.2) is 0 Å². The van der Waals surface area contributed by atoms with Crippen molar-refractivity contribution in [3.05, 3.63) is 35.4 Å². The second-order valence-electron chi connectivity index (χ2n) is 5.49. The van der Waals surface area contributed by atoms with Gasteiger partial charge in [0.2, 0.25) is 0 Å². The number of fused-ring (bicyclic) bond motifs is 1.